The zero-order valence-electron chi connectivity index (χ0n) is 15.0. The molecule has 2 heterocycles. The molecule has 0 aliphatic carbocycles. The zero-order valence-corrected chi connectivity index (χ0v) is 15.9. The predicted octanol–water partition coefficient (Wildman–Crippen LogP) is 4.04. The van der Waals surface area contributed by atoms with Gasteiger partial charge >= 0.3 is 0 Å². The van der Waals surface area contributed by atoms with Crippen LogP contribution in [0.25, 0.3) is 21.2 Å². The highest BCUT2D eigenvalue weighted by atomic mass is 32.1. The number of hydrogen-bond donors (Lipinski definition) is 2. The summed E-state index contributed by atoms with van der Waals surface area (Å²) in [5.41, 5.74) is 3.06. The van der Waals surface area contributed by atoms with Crippen LogP contribution in [0.4, 0.5) is 0 Å². The van der Waals surface area contributed by atoms with Crippen LogP contribution >= 0.6 is 11.3 Å². The minimum atomic E-state index is -0.641. The predicted molar refractivity (Wildman–Crippen MR) is 108 cm³/mol. The van der Waals surface area contributed by atoms with Crippen LogP contribution in [0.2, 0.25) is 0 Å². The van der Waals surface area contributed by atoms with Crippen LogP contribution in [0.15, 0.2) is 47.8 Å². The molecule has 0 unspecified atom stereocenters. The van der Waals surface area contributed by atoms with E-state index in [4.69, 9.17) is 10.7 Å². The molecule has 5 nitrogen and oxygen atoms in total. The number of carbonyl (C=O) groups excluding carboxylic acids is 1. The molecule has 0 spiro atoms. The summed E-state index contributed by atoms with van der Waals surface area (Å²) in [5.74, 6) is 0.0330. The number of rotatable bonds is 2. The van der Waals surface area contributed by atoms with Gasteiger partial charge in [0.25, 0.3) is 0 Å². The average Bonchev–Trinajstić information content (AvgIpc) is 3.14. The Balaban J connectivity index is 1.87. The normalized spacial score (nSPS) is 19.8. The molecule has 1 fully saturated rings. The molecule has 1 atom stereocenters. The molecule has 0 radical (unpaired) electrons. The molecular formula is C21H18N4OS. The van der Waals surface area contributed by atoms with Gasteiger partial charge in [0.15, 0.2) is 5.96 Å². The van der Waals surface area contributed by atoms with Gasteiger partial charge in [-0.3, -0.25) is 15.1 Å². The zero-order chi connectivity index (χ0) is 19.2. The number of nitriles is 1. The van der Waals surface area contributed by atoms with Crippen molar-refractivity contribution in [1.82, 2.24) is 10.2 Å². The van der Waals surface area contributed by atoms with Crippen molar-refractivity contribution < 1.29 is 4.79 Å². The van der Waals surface area contributed by atoms with Gasteiger partial charge < -0.3 is 5.32 Å². The standard InChI is InChI=1S/C21H18N4OS/c1-21(11-18(26)25(2)20(23)24-21)16-9-15-7-8-27-19(15)17(10-16)14-5-3-13(12-22)4-6-14/h3-10H,11H2,1-2H3,(H2,23,24)/t21-/m0/s1. The SMILES string of the molecule is CN1C(=N)N[C@](C)(c2cc(-c3ccc(C#N)cc3)c3sccc3c2)CC1=O. The van der Waals surface area contributed by atoms with E-state index in [1.54, 1.807) is 18.4 Å². The lowest BCUT2D eigenvalue weighted by Gasteiger charge is -2.39. The number of amides is 1. The van der Waals surface area contributed by atoms with Crippen LogP contribution in [-0.4, -0.2) is 23.8 Å². The minimum Gasteiger partial charge on any atom is -0.346 e. The highest BCUT2D eigenvalue weighted by molar-refractivity contribution is 7.17. The van der Waals surface area contributed by atoms with Crippen LogP contribution < -0.4 is 5.32 Å². The van der Waals surface area contributed by atoms with Crippen LogP contribution in [0.5, 0.6) is 0 Å². The monoisotopic (exact) mass is 374 g/mol. The fourth-order valence-electron chi connectivity index (χ4n) is 3.45. The third-order valence-electron chi connectivity index (χ3n) is 5.12. The molecule has 1 amide bonds. The Morgan fingerprint density at radius 3 is 2.67 bits per heavy atom. The van der Waals surface area contributed by atoms with Crippen molar-refractivity contribution in [1.29, 1.82) is 10.7 Å². The van der Waals surface area contributed by atoms with Crippen molar-refractivity contribution in [3.63, 3.8) is 0 Å². The number of benzene rings is 2. The van der Waals surface area contributed by atoms with Gasteiger partial charge in [-0.05, 0) is 64.7 Å². The fraction of sp³-hybridized carbons (Fsp3) is 0.190. The summed E-state index contributed by atoms with van der Waals surface area (Å²) in [7, 11) is 1.61. The highest BCUT2D eigenvalue weighted by Crippen LogP contribution is 2.38. The second-order valence-corrected chi connectivity index (χ2v) is 7.90. The number of fused-ring (bicyclic) bond motifs is 1. The number of thiophene rings is 1. The number of guanidine groups is 1. The van der Waals surface area contributed by atoms with E-state index in [0.29, 0.717) is 5.56 Å². The van der Waals surface area contributed by atoms with Crippen molar-refractivity contribution in [3.8, 4) is 17.2 Å². The van der Waals surface area contributed by atoms with E-state index in [-0.39, 0.29) is 18.3 Å². The van der Waals surface area contributed by atoms with Gasteiger partial charge in [-0.1, -0.05) is 12.1 Å². The lowest BCUT2D eigenvalue weighted by Crippen LogP contribution is -2.58. The largest absolute Gasteiger partial charge is 0.346 e. The van der Waals surface area contributed by atoms with E-state index in [1.165, 1.54) is 9.60 Å². The topological polar surface area (TPSA) is 80.0 Å². The molecule has 4 rings (SSSR count). The lowest BCUT2D eigenvalue weighted by atomic mass is 9.84. The first-order valence-electron chi connectivity index (χ1n) is 8.57. The molecule has 1 aromatic heterocycles. The minimum absolute atomic E-state index is 0.0772. The first kappa shape index (κ1) is 17.3. The summed E-state index contributed by atoms with van der Waals surface area (Å²) < 4.78 is 1.17. The Bertz CT molecular complexity index is 1090. The van der Waals surface area contributed by atoms with Crippen molar-refractivity contribution in [2.24, 2.45) is 0 Å². The third kappa shape index (κ3) is 2.86. The molecule has 1 saturated heterocycles. The maximum atomic E-state index is 12.3. The highest BCUT2D eigenvalue weighted by Gasteiger charge is 2.38. The summed E-state index contributed by atoms with van der Waals surface area (Å²) in [6.45, 7) is 1.96. The maximum Gasteiger partial charge on any atom is 0.231 e. The van der Waals surface area contributed by atoms with Crippen molar-refractivity contribution in [3.05, 3.63) is 59.0 Å². The first-order valence-corrected chi connectivity index (χ1v) is 9.45. The van der Waals surface area contributed by atoms with Gasteiger partial charge in [-0.15, -0.1) is 11.3 Å². The Kier molecular flexibility index (Phi) is 3.97. The number of carbonyl (C=O) groups is 1. The van der Waals surface area contributed by atoms with Crippen molar-refractivity contribution in [2.45, 2.75) is 18.9 Å². The van der Waals surface area contributed by atoms with Crippen molar-refractivity contribution in [2.75, 3.05) is 7.05 Å². The van der Waals surface area contributed by atoms with E-state index in [2.05, 4.69) is 35.0 Å². The number of nitrogens with zero attached hydrogens (tertiary/aromatic N) is 2. The van der Waals surface area contributed by atoms with Gasteiger partial charge in [-0.2, -0.15) is 5.26 Å². The number of hydrogen-bond acceptors (Lipinski definition) is 4. The molecule has 3 aromatic rings. The van der Waals surface area contributed by atoms with Gasteiger partial charge in [0.2, 0.25) is 5.91 Å². The smallest absolute Gasteiger partial charge is 0.231 e. The molecule has 27 heavy (non-hydrogen) atoms. The van der Waals surface area contributed by atoms with Gasteiger partial charge in [0, 0.05) is 11.7 Å². The molecule has 6 heteroatoms. The molecule has 0 saturated carbocycles. The van der Waals surface area contributed by atoms with E-state index in [9.17, 15) is 4.79 Å². The third-order valence-corrected chi connectivity index (χ3v) is 6.09. The quantitative estimate of drug-likeness (QED) is 0.710. The molecule has 2 N–H and O–H groups in total. The Morgan fingerprint density at radius 2 is 2.00 bits per heavy atom. The Morgan fingerprint density at radius 1 is 1.26 bits per heavy atom. The van der Waals surface area contributed by atoms with Crippen LogP contribution in [0.3, 0.4) is 0 Å². The van der Waals surface area contributed by atoms with Crippen molar-refractivity contribution >= 4 is 33.3 Å². The van der Waals surface area contributed by atoms with E-state index in [0.717, 1.165) is 22.1 Å². The maximum absolute atomic E-state index is 12.3. The van der Waals surface area contributed by atoms with Crippen LogP contribution in [0, 0.1) is 16.7 Å². The molecule has 2 aromatic carbocycles. The van der Waals surface area contributed by atoms with Crippen LogP contribution in [0.1, 0.15) is 24.5 Å². The molecule has 1 aliphatic heterocycles. The molecule has 134 valence electrons. The summed E-state index contributed by atoms with van der Waals surface area (Å²) in [5, 5.41) is 23.5. The van der Waals surface area contributed by atoms with Gasteiger partial charge in [0.05, 0.1) is 23.6 Å². The molecule has 1 aliphatic rings. The molecular weight excluding hydrogens is 356 g/mol. The second kappa shape index (κ2) is 6.22. The Labute approximate surface area is 161 Å². The van der Waals surface area contributed by atoms with Gasteiger partial charge in [0.1, 0.15) is 0 Å². The van der Waals surface area contributed by atoms with E-state index >= 15 is 0 Å². The summed E-state index contributed by atoms with van der Waals surface area (Å²) in [4.78, 5) is 13.7. The first-order chi connectivity index (χ1) is 12.9. The van der Waals surface area contributed by atoms with E-state index < -0.39 is 5.54 Å². The summed E-state index contributed by atoms with van der Waals surface area (Å²) >= 11 is 1.67. The fourth-order valence-corrected chi connectivity index (χ4v) is 4.37. The second-order valence-electron chi connectivity index (χ2n) is 6.99. The van der Waals surface area contributed by atoms with E-state index in [1.807, 2.05) is 31.2 Å². The summed E-state index contributed by atoms with van der Waals surface area (Å²) in [6.07, 6.45) is 0.286. The molecule has 0 bridgehead atoms. The van der Waals surface area contributed by atoms with Gasteiger partial charge in [-0.25, -0.2) is 0 Å². The average molecular weight is 374 g/mol. The Hall–Kier alpha value is -3.17. The lowest BCUT2D eigenvalue weighted by molar-refractivity contribution is -0.129. The summed E-state index contributed by atoms with van der Waals surface area (Å²) in [6, 6.07) is 15.9. The number of nitrogens with one attached hydrogen (secondary N) is 2. The van der Waals surface area contributed by atoms with Crippen LogP contribution in [-0.2, 0) is 10.3 Å².